The molecule has 5 rings (SSSR count). The summed E-state index contributed by atoms with van der Waals surface area (Å²) in [5.74, 6) is 2.02. The van der Waals surface area contributed by atoms with Crippen molar-refractivity contribution in [2.45, 2.75) is 46.5 Å². The molecule has 1 fully saturated rings. The first-order chi connectivity index (χ1) is 16.6. The number of allylic oxidation sites excluding steroid dienone is 1. The van der Waals surface area contributed by atoms with E-state index in [1.807, 2.05) is 24.8 Å². The zero-order chi connectivity index (χ0) is 23.7. The molecule has 0 saturated carbocycles. The summed E-state index contributed by atoms with van der Waals surface area (Å²) in [4.78, 5) is 17.5. The van der Waals surface area contributed by atoms with Crippen LogP contribution in [0.15, 0.2) is 46.9 Å². The Bertz CT molecular complexity index is 1220. The van der Waals surface area contributed by atoms with Gasteiger partial charge in [-0.15, -0.1) is 0 Å². The fourth-order valence-electron chi connectivity index (χ4n) is 5.34. The normalized spacial score (nSPS) is 16.6. The molecule has 1 saturated heterocycles. The highest BCUT2D eigenvalue weighted by Gasteiger charge is 2.24. The van der Waals surface area contributed by atoms with Crippen LogP contribution in [-0.2, 0) is 17.6 Å². The number of hydrogen-bond donors (Lipinski definition) is 0. The molecule has 0 atom stereocenters. The molecule has 0 N–H and O–H groups in total. The number of nitrogens with zero attached hydrogens (tertiary/aromatic N) is 2. The zero-order valence-corrected chi connectivity index (χ0v) is 20.5. The third kappa shape index (κ3) is 4.20. The summed E-state index contributed by atoms with van der Waals surface area (Å²) in [6, 6.07) is 12.6. The van der Waals surface area contributed by atoms with E-state index in [1.165, 1.54) is 29.5 Å². The van der Waals surface area contributed by atoms with Crippen LogP contribution in [0.2, 0.25) is 0 Å². The van der Waals surface area contributed by atoms with Crippen LogP contribution in [0.1, 0.15) is 49.1 Å². The Morgan fingerprint density at radius 2 is 1.82 bits per heavy atom. The minimum absolute atomic E-state index is 0.0691. The van der Waals surface area contributed by atoms with Crippen molar-refractivity contribution >= 4 is 28.1 Å². The average molecular weight is 459 g/mol. The van der Waals surface area contributed by atoms with Crippen molar-refractivity contribution < 1.29 is 13.9 Å². The second kappa shape index (κ2) is 9.57. The van der Waals surface area contributed by atoms with E-state index in [0.717, 1.165) is 72.8 Å². The fourth-order valence-corrected chi connectivity index (χ4v) is 5.34. The summed E-state index contributed by atoms with van der Waals surface area (Å²) in [7, 11) is 0. The lowest BCUT2D eigenvalue weighted by atomic mass is 9.93. The molecule has 2 aromatic carbocycles. The Balaban J connectivity index is 1.41. The molecule has 1 amide bonds. The van der Waals surface area contributed by atoms with Gasteiger partial charge in [-0.25, -0.2) is 0 Å². The molecule has 34 heavy (non-hydrogen) atoms. The van der Waals surface area contributed by atoms with Gasteiger partial charge in [0.05, 0.1) is 6.61 Å². The summed E-state index contributed by atoms with van der Waals surface area (Å²) in [5, 5.41) is 1.18. The standard InChI is InChI=1S/C29H34N2O3/c1-4-33-28-21(3)29-25(23-12-8-9-13-26(23)34-29)19-24(28)20(2)18-27(32)31-16-14-30(15-17-31)22-10-6-5-7-11-22/h5-7,10-11,18-19H,4,8-9,12-17H2,1-3H3/b20-18+. The van der Waals surface area contributed by atoms with Crippen LogP contribution in [0.25, 0.3) is 16.5 Å². The van der Waals surface area contributed by atoms with E-state index >= 15 is 0 Å². The van der Waals surface area contributed by atoms with Crippen LogP contribution >= 0.6 is 0 Å². The third-order valence-corrected chi connectivity index (χ3v) is 7.19. The molecule has 5 heteroatoms. The van der Waals surface area contributed by atoms with Crippen LogP contribution < -0.4 is 9.64 Å². The van der Waals surface area contributed by atoms with Crippen LogP contribution in [0.3, 0.4) is 0 Å². The number of amides is 1. The van der Waals surface area contributed by atoms with Crippen LogP contribution in [0.5, 0.6) is 5.75 Å². The van der Waals surface area contributed by atoms with Crippen LogP contribution in [-0.4, -0.2) is 43.6 Å². The molecule has 2 aliphatic rings. The zero-order valence-electron chi connectivity index (χ0n) is 20.5. The van der Waals surface area contributed by atoms with Crippen molar-refractivity contribution in [3.05, 3.63) is 64.9 Å². The number of para-hydroxylation sites is 1. The van der Waals surface area contributed by atoms with E-state index < -0.39 is 0 Å². The van der Waals surface area contributed by atoms with Crippen molar-refractivity contribution in [3.8, 4) is 5.75 Å². The van der Waals surface area contributed by atoms with Gasteiger partial charge in [0.2, 0.25) is 5.91 Å². The number of furan rings is 1. The topological polar surface area (TPSA) is 45.9 Å². The summed E-state index contributed by atoms with van der Waals surface area (Å²) < 4.78 is 12.4. The molecule has 0 radical (unpaired) electrons. The fraction of sp³-hybridized carbons (Fsp3) is 0.414. The molecule has 0 unspecified atom stereocenters. The van der Waals surface area contributed by atoms with E-state index in [4.69, 9.17) is 9.15 Å². The molecular formula is C29H34N2O3. The monoisotopic (exact) mass is 458 g/mol. The second-order valence-electron chi connectivity index (χ2n) is 9.37. The van der Waals surface area contributed by atoms with Crippen molar-refractivity contribution in [2.24, 2.45) is 0 Å². The van der Waals surface area contributed by atoms with E-state index in [0.29, 0.717) is 6.61 Å². The molecule has 3 aromatic rings. The maximum atomic E-state index is 13.2. The Morgan fingerprint density at radius 3 is 2.56 bits per heavy atom. The summed E-state index contributed by atoms with van der Waals surface area (Å²) in [5.41, 5.74) is 6.46. The molecule has 2 heterocycles. The first-order valence-corrected chi connectivity index (χ1v) is 12.5. The van der Waals surface area contributed by atoms with Gasteiger partial charge < -0.3 is 19.0 Å². The van der Waals surface area contributed by atoms with Gasteiger partial charge in [0.15, 0.2) is 0 Å². The molecule has 1 aliphatic carbocycles. The number of ether oxygens (including phenoxy) is 1. The van der Waals surface area contributed by atoms with Crippen molar-refractivity contribution in [1.29, 1.82) is 0 Å². The number of anilines is 1. The highest BCUT2D eigenvalue weighted by Crippen LogP contribution is 2.41. The molecule has 1 aromatic heterocycles. The average Bonchev–Trinajstić information content (AvgIpc) is 3.25. The van der Waals surface area contributed by atoms with Gasteiger partial charge in [-0.2, -0.15) is 0 Å². The van der Waals surface area contributed by atoms with Gasteiger partial charge in [0.1, 0.15) is 17.1 Å². The van der Waals surface area contributed by atoms with Crippen molar-refractivity contribution in [2.75, 3.05) is 37.7 Å². The molecular weight excluding hydrogens is 424 g/mol. The lowest BCUT2D eigenvalue weighted by molar-refractivity contribution is -0.126. The smallest absolute Gasteiger partial charge is 0.246 e. The maximum absolute atomic E-state index is 13.2. The highest BCUT2D eigenvalue weighted by molar-refractivity contribution is 5.98. The van der Waals surface area contributed by atoms with Gasteiger partial charge in [-0.1, -0.05) is 18.2 Å². The first kappa shape index (κ1) is 22.6. The van der Waals surface area contributed by atoms with Crippen LogP contribution in [0, 0.1) is 6.92 Å². The number of piperazine rings is 1. The van der Waals surface area contributed by atoms with Crippen molar-refractivity contribution in [1.82, 2.24) is 4.90 Å². The van der Waals surface area contributed by atoms with Gasteiger partial charge >= 0.3 is 0 Å². The van der Waals surface area contributed by atoms with Gasteiger partial charge in [0, 0.05) is 66.4 Å². The summed E-state index contributed by atoms with van der Waals surface area (Å²) in [6.07, 6.45) is 6.23. The summed E-state index contributed by atoms with van der Waals surface area (Å²) in [6.45, 7) is 9.81. The predicted molar refractivity (Wildman–Crippen MR) is 138 cm³/mol. The SMILES string of the molecule is CCOc1c(/C(C)=C/C(=O)N2CCN(c3ccccc3)CC2)cc2c3c(oc2c1C)CCCC3. The minimum atomic E-state index is 0.0691. The van der Waals surface area contributed by atoms with E-state index in [1.54, 1.807) is 6.08 Å². The Morgan fingerprint density at radius 1 is 1.09 bits per heavy atom. The van der Waals surface area contributed by atoms with Crippen LogP contribution in [0.4, 0.5) is 5.69 Å². The molecule has 0 spiro atoms. The molecule has 1 aliphatic heterocycles. The lowest BCUT2D eigenvalue weighted by Crippen LogP contribution is -2.48. The number of carbonyl (C=O) groups excluding carboxylic acids is 1. The maximum Gasteiger partial charge on any atom is 0.246 e. The number of benzene rings is 2. The molecule has 178 valence electrons. The van der Waals surface area contributed by atoms with Gasteiger partial charge in [-0.05, 0) is 63.8 Å². The quantitative estimate of drug-likeness (QED) is 0.455. The van der Waals surface area contributed by atoms with E-state index in [2.05, 4.69) is 42.2 Å². The third-order valence-electron chi connectivity index (χ3n) is 7.19. The van der Waals surface area contributed by atoms with Gasteiger partial charge in [0.25, 0.3) is 0 Å². The highest BCUT2D eigenvalue weighted by atomic mass is 16.5. The van der Waals surface area contributed by atoms with Crippen molar-refractivity contribution in [3.63, 3.8) is 0 Å². The number of fused-ring (bicyclic) bond motifs is 3. The Kier molecular flexibility index (Phi) is 6.36. The predicted octanol–water partition coefficient (Wildman–Crippen LogP) is 5.77. The van der Waals surface area contributed by atoms with E-state index in [-0.39, 0.29) is 5.91 Å². The molecule has 0 bridgehead atoms. The largest absolute Gasteiger partial charge is 0.493 e. The minimum Gasteiger partial charge on any atom is -0.493 e. The molecule has 5 nitrogen and oxygen atoms in total. The Labute approximate surface area is 202 Å². The van der Waals surface area contributed by atoms with Gasteiger partial charge in [-0.3, -0.25) is 4.79 Å². The van der Waals surface area contributed by atoms with E-state index in [9.17, 15) is 4.79 Å². The number of carbonyl (C=O) groups is 1. The summed E-state index contributed by atoms with van der Waals surface area (Å²) >= 11 is 0. The second-order valence-corrected chi connectivity index (χ2v) is 9.37. The Hall–Kier alpha value is -3.21. The lowest BCUT2D eigenvalue weighted by Gasteiger charge is -2.35. The first-order valence-electron chi connectivity index (χ1n) is 12.5. The number of aryl methyl sites for hydroxylation is 3. The number of hydrogen-bond acceptors (Lipinski definition) is 4. The number of rotatable bonds is 5.